The summed E-state index contributed by atoms with van der Waals surface area (Å²) in [5.74, 6) is -0.0676. The molecule has 24 heavy (non-hydrogen) atoms. The average molecular weight is 322 g/mol. The molecule has 0 aliphatic carbocycles. The van der Waals surface area contributed by atoms with E-state index in [1.807, 2.05) is 47.8 Å². The molecule has 0 radical (unpaired) electrons. The Bertz CT molecular complexity index is 811. The van der Waals surface area contributed by atoms with Gasteiger partial charge in [0.25, 0.3) is 5.91 Å². The van der Waals surface area contributed by atoms with Gasteiger partial charge in [0.05, 0.1) is 24.3 Å². The minimum Gasteiger partial charge on any atom is -0.335 e. The lowest BCUT2D eigenvalue weighted by molar-refractivity contribution is 0.0673. The van der Waals surface area contributed by atoms with Gasteiger partial charge in [0.1, 0.15) is 0 Å². The second kappa shape index (κ2) is 6.27. The summed E-state index contributed by atoms with van der Waals surface area (Å²) in [6, 6.07) is 9.85. The highest BCUT2D eigenvalue weighted by Crippen LogP contribution is 2.22. The van der Waals surface area contributed by atoms with Crippen LogP contribution in [0.4, 0.5) is 0 Å². The molecule has 1 amide bonds. The molecule has 0 spiro atoms. The van der Waals surface area contributed by atoms with Crippen molar-refractivity contribution in [1.29, 1.82) is 0 Å². The van der Waals surface area contributed by atoms with Gasteiger partial charge in [-0.15, -0.1) is 5.10 Å². The maximum absolute atomic E-state index is 12.7. The molecule has 4 rings (SSSR count). The third-order valence-electron chi connectivity index (χ3n) is 4.33. The summed E-state index contributed by atoms with van der Waals surface area (Å²) in [6.45, 7) is 1.43. The summed E-state index contributed by atoms with van der Waals surface area (Å²) >= 11 is 0. The third-order valence-corrected chi connectivity index (χ3v) is 4.33. The first kappa shape index (κ1) is 14.6. The molecule has 7 heteroatoms. The van der Waals surface area contributed by atoms with E-state index in [1.54, 1.807) is 6.20 Å². The summed E-state index contributed by atoms with van der Waals surface area (Å²) < 4.78 is 2.07. The van der Waals surface area contributed by atoms with E-state index < -0.39 is 0 Å². The molecule has 0 saturated carbocycles. The number of carbonyl (C=O) groups is 1. The predicted octanol–water partition coefficient (Wildman–Crippen LogP) is 1.94. The minimum absolute atomic E-state index is 0.0676. The topological polar surface area (TPSA) is 68.8 Å². The molecule has 0 N–H and O–H groups in total. The zero-order valence-electron chi connectivity index (χ0n) is 13.2. The van der Waals surface area contributed by atoms with Crippen LogP contribution < -0.4 is 0 Å². The Morgan fingerprint density at radius 2 is 2.08 bits per heavy atom. The molecule has 122 valence electrons. The van der Waals surface area contributed by atoms with Gasteiger partial charge >= 0.3 is 0 Å². The molecule has 3 aromatic rings. The van der Waals surface area contributed by atoms with Crippen LogP contribution in [0, 0.1) is 0 Å². The van der Waals surface area contributed by atoms with Crippen LogP contribution in [-0.2, 0) is 0 Å². The van der Waals surface area contributed by atoms with Gasteiger partial charge in [0.2, 0.25) is 0 Å². The zero-order chi connectivity index (χ0) is 16.4. The Morgan fingerprint density at radius 3 is 2.88 bits per heavy atom. The van der Waals surface area contributed by atoms with Crippen molar-refractivity contribution in [1.82, 2.24) is 29.4 Å². The van der Waals surface area contributed by atoms with E-state index in [4.69, 9.17) is 0 Å². The van der Waals surface area contributed by atoms with E-state index >= 15 is 0 Å². The monoisotopic (exact) mass is 322 g/mol. The summed E-state index contributed by atoms with van der Waals surface area (Å²) in [5, 5.41) is 8.55. The van der Waals surface area contributed by atoms with Crippen molar-refractivity contribution < 1.29 is 4.79 Å². The normalized spacial score (nSPS) is 17.8. The highest BCUT2D eigenvalue weighted by molar-refractivity contribution is 5.92. The molecule has 1 aliphatic heterocycles. The number of nitrogens with zero attached hydrogens (tertiary/aromatic N) is 6. The smallest absolute Gasteiger partial charge is 0.276 e. The molecule has 0 unspecified atom stereocenters. The third kappa shape index (κ3) is 2.80. The highest BCUT2D eigenvalue weighted by Gasteiger charge is 2.26. The summed E-state index contributed by atoms with van der Waals surface area (Å²) in [6.07, 6.45) is 9.09. The van der Waals surface area contributed by atoms with Gasteiger partial charge in [-0.1, -0.05) is 18.2 Å². The second-order valence-corrected chi connectivity index (χ2v) is 5.91. The number of hydrogen-bond donors (Lipinski definition) is 0. The largest absolute Gasteiger partial charge is 0.335 e. The number of amides is 1. The lowest BCUT2D eigenvalue weighted by atomic mass is 10.1. The van der Waals surface area contributed by atoms with Crippen LogP contribution in [-0.4, -0.2) is 48.4 Å². The first-order valence-corrected chi connectivity index (χ1v) is 8.06. The summed E-state index contributed by atoms with van der Waals surface area (Å²) in [4.78, 5) is 20.2. The van der Waals surface area contributed by atoms with Gasteiger partial charge in [0, 0.05) is 25.5 Å². The van der Waals surface area contributed by atoms with Crippen LogP contribution in [0.3, 0.4) is 0 Å². The first-order chi connectivity index (χ1) is 11.8. The molecule has 1 saturated heterocycles. The predicted molar refractivity (Wildman–Crippen MR) is 87.8 cm³/mol. The van der Waals surface area contributed by atoms with Gasteiger partial charge in [0.15, 0.2) is 5.69 Å². The number of carbonyl (C=O) groups excluding carboxylic acids is 1. The van der Waals surface area contributed by atoms with Gasteiger partial charge < -0.3 is 9.47 Å². The van der Waals surface area contributed by atoms with Crippen LogP contribution in [0.25, 0.3) is 5.69 Å². The van der Waals surface area contributed by atoms with E-state index in [0.717, 1.165) is 25.1 Å². The van der Waals surface area contributed by atoms with E-state index in [0.29, 0.717) is 12.2 Å². The molecule has 0 bridgehead atoms. The van der Waals surface area contributed by atoms with Crippen LogP contribution in [0.2, 0.25) is 0 Å². The number of hydrogen-bond acceptors (Lipinski definition) is 4. The number of aromatic nitrogens is 5. The van der Waals surface area contributed by atoms with Gasteiger partial charge in [-0.3, -0.25) is 4.79 Å². The Balaban J connectivity index is 1.50. The number of imidazole rings is 1. The minimum atomic E-state index is -0.0676. The van der Waals surface area contributed by atoms with Crippen LogP contribution in [0.1, 0.15) is 29.4 Å². The van der Waals surface area contributed by atoms with Crippen molar-refractivity contribution in [3.63, 3.8) is 0 Å². The van der Waals surface area contributed by atoms with Crippen molar-refractivity contribution in [3.8, 4) is 5.69 Å². The van der Waals surface area contributed by atoms with E-state index in [9.17, 15) is 4.79 Å². The van der Waals surface area contributed by atoms with E-state index in [1.165, 1.54) is 11.0 Å². The number of benzene rings is 1. The summed E-state index contributed by atoms with van der Waals surface area (Å²) in [7, 11) is 0. The molecule has 1 atom stereocenters. The van der Waals surface area contributed by atoms with Gasteiger partial charge in [-0.05, 0) is 25.0 Å². The number of para-hydroxylation sites is 1. The lowest BCUT2D eigenvalue weighted by Crippen LogP contribution is -2.40. The fraction of sp³-hybridized carbons (Fsp3) is 0.294. The SMILES string of the molecule is O=C(c1cnn(-c2ccccc2)n1)N1CCC[C@@H](n2ccnc2)C1. The maximum atomic E-state index is 12.7. The molecule has 2 aromatic heterocycles. The Morgan fingerprint density at radius 1 is 1.21 bits per heavy atom. The number of rotatable bonds is 3. The molecule has 3 heterocycles. The molecule has 7 nitrogen and oxygen atoms in total. The Labute approximate surface area is 139 Å². The second-order valence-electron chi connectivity index (χ2n) is 5.91. The van der Waals surface area contributed by atoms with Crippen molar-refractivity contribution in [2.24, 2.45) is 0 Å². The molecule has 1 aromatic carbocycles. The van der Waals surface area contributed by atoms with Gasteiger partial charge in [-0.25, -0.2) is 4.98 Å². The highest BCUT2D eigenvalue weighted by atomic mass is 16.2. The van der Waals surface area contributed by atoms with Crippen LogP contribution in [0.5, 0.6) is 0 Å². The fourth-order valence-electron chi connectivity index (χ4n) is 3.08. The first-order valence-electron chi connectivity index (χ1n) is 8.06. The molecular weight excluding hydrogens is 304 g/mol. The Hall–Kier alpha value is -2.96. The molecular formula is C17H18N6O. The quantitative estimate of drug-likeness (QED) is 0.739. The number of piperidine rings is 1. The fourth-order valence-corrected chi connectivity index (χ4v) is 3.08. The maximum Gasteiger partial charge on any atom is 0.276 e. The number of likely N-dealkylation sites (tertiary alicyclic amines) is 1. The van der Waals surface area contributed by atoms with Crippen molar-refractivity contribution in [2.75, 3.05) is 13.1 Å². The van der Waals surface area contributed by atoms with Gasteiger partial charge in [-0.2, -0.15) is 9.90 Å². The van der Waals surface area contributed by atoms with Crippen LogP contribution in [0.15, 0.2) is 55.2 Å². The van der Waals surface area contributed by atoms with E-state index in [-0.39, 0.29) is 11.9 Å². The average Bonchev–Trinajstić information content (AvgIpc) is 3.34. The van der Waals surface area contributed by atoms with Crippen LogP contribution >= 0.6 is 0 Å². The molecule has 1 aliphatic rings. The van der Waals surface area contributed by atoms with Crippen molar-refractivity contribution in [3.05, 3.63) is 60.9 Å². The zero-order valence-corrected chi connectivity index (χ0v) is 13.2. The van der Waals surface area contributed by atoms with Crippen molar-refractivity contribution in [2.45, 2.75) is 18.9 Å². The summed E-state index contributed by atoms with van der Waals surface area (Å²) in [5.41, 5.74) is 1.22. The molecule has 1 fully saturated rings. The van der Waals surface area contributed by atoms with E-state index in [2.05, 4.69) is 19.7 Å². The standard InChI is InChI=1S/C17H18N6O/c24-17(16-11-19-23(20-16)14-5-2-1-3-6-14)21-9-4-7-15(12-21)22-10-8-18-13-22/h1-3,5-6,8,10-11,13,15H,4,7,9,12H2/t15-/m1/s1. The lowest BCUT2D eigenvalue weighted by Gasteiger charge is -2.32. The van der Waals surface area contributed by atoms with Crippen molar-refractivity contribution >= 4 is 5.91 Å². The Kier molecular flexibility index (Phi) is 3.82.